The molecule has 36 heavy (non-hydrogen) atoms. The van der Waals surface area contributed by atoms with Crippen molar-refractivity contribution in [2.45, 2.75) is 0 Å². The second kappa shape index (κ2) is 16.8. The monoisotopic (exact) mass is 501 g/mol. The zero-order valence-electron chi connectivity index (χ0n) is 20.3. The first-order valence-corrected chi connectivity index (χ1v) is 11.1. The fourth-order valence-electron chi connectivity index (χ4n) is 2.74. The maximum atomic E-state index is 12.2. The molecule has 0 bridgehead atoms. The standard InChI is InChI=1S/C26H31NO9/c1-31-13-15-33-18-35-23-12-11-20(17-24(23)36-19-34-16-14-32-2)7-3-6-10-25(28)27-22-9-5-4-8-21(22)26(29)30/h3-12,17H,13-16,18-19H2,1-2H3,(H,27,28)(H,29,30). The summed E-state index contributed by atoms with van der Waals surface area (Å²) in [7, 11) is 3.18. The van der Waals surface area contributed by atoms with Gasteiger partial charge in [0.25, 0.3) is 0 Å². The molecular weight excluding hydrogens is 470 g/mol. The number of hydrogen-bond donors (Lipinski definition) is 2. The van der Waals surface area contributed by atoms with Crippen LogP contribution in [0.15, 0.2) is 60.7 Å². The number of nitrogens with one attached hydrogen (secondary N) is 1. The van der Waals surface area contributed by atoms with Crippen molar-refractivity contribution in [2.24, 2.45) is 0 Å². The van der Waals surface area contributed by atoms with Gasteiger partial charge in [-0.25, -0.2) is 4.79 Å². The van der Waals surface area contributed by atoms with Crippen molar-refractivity contribution < 1.29 is 43.1 Å². The van der Waals surface area contributed by atoms with E-state index < -0.39 is 11.9 Å². The van der Waals surface area contributed by atoms with Gasteiger partial charge < -0.3 is 38.8 Å². The van der Waals surface area contributed by atoms with Crippen LogP contribution >= 0.6 is 0 Å². The van der Waals surface area contributed by atoms with Gasteiger partial charge in [-0.1, -0.05) is 36.4 Å². The molecule has 2 rings (SSSR count). The van der Waals surface area contributed by atoms with E-state index in [0.29, 0.717) is 37.9 Å². The summed E-state index contributed by atoms with van der Waals surface area (Å²) in [5, 5.41) is 11.8. The van der Waals surface area contributed by atoms with E-state index in [1.165, 1.54) is 18.2 Å². The first-order chi connectivity index (χ1) is 17.5. The molecule has 0 aliphatic rings. The quantitative estimate of drug-likeness (QED) is 0.145. The number of anilines is 1. The van der Waals surface area contributed by atoms with E-state index in [1.54, 1.807) is 56.7 Å². The molecule has 194 valence electrons. The number of rotatable bonds is 17. The van der Waals surface area contributed by atoms with Gasteiger partial charge >= 0.3 is 5.97 Å². The number of carboxylic acid groups (broad SMARTS) is 1. The smallest absolute Gasteiger partial charge is 0.337 e. The molecule has 0 spiro atoms. The highest BCUT2D eigenvalue weighted by Crippen LogP contribution is 2.29. The van der Waals surface area contributed by atoms with Crippen LogP contribution < -0.4 is 14.8 Å². The van der Waals surface area contributed by atoms with Crippen molar-refractivity contribution in [3.63, 3.8) is 0 Å². The third-order valence-corrected chi connectivity index (χ3v) is 4.49. The van der Waals surface area contributed by atoms with Crippen molar-refractivity contribution in [3.05, 3.63) is 71.8 Å². The molecule has 10 nitrogen and oxygen atoms in total. The molecule has 0 fully saturated rings. The number of methoxy groups -OCH3 is 2. The lowest BCUT2D eigenvalue weighted by Crippen LogP contribution is -2.11. The van der Waals surface area contributed by atoms with E-state index in [1.807, 2.05) is 6.07 Å². The summed E-state index contributed by atoms with van der Waals surface area (Å²) >= 11 is 0. The Bertz CT molecular complexity index is 1020. The highest BCUT2D eigenvalue weighted by atomic mass is 16.7. The molecule has 1 amide bonds. The number of carboxylic acids is 1. The topological polar surface area (TPSA) is 122 Å². The van der Waals surface area contributed by atoms with Crippen LogP contribution in [0.5, 0.6) is 11.5 Å². The third kappa shape index (κ3) is 10.7. The Morgan fingerprint density at radius 1 is 0.861 bits per heavy atom. The van der Waals surface area contributed by atoms with Crippen LogP contribution in [0.4, 0.5) is 5.69 Å². The Morgan fingerprint density at radius 3 is 2.19 bits per heavy atom. The largest absolute Gasteiger partial charge is 0.478 e. The molecule has 10 heteroatoms. The fourth-order valence-corrected chi connectivity index (χ4v) is 2.74. The summed E-state index contributed by atoms with van der Waals surface area (Å²) in [4.78, 5) is 23.4. The van der Waals surface area contributed by atoms with Crippen LogP contribution in [-0.2, 0) is 23.7 Å². The summed E-state index contributed by atoms with van der Waals surface area (Å²) < 4.78 is 31.9. The van der Waals surface area contributed by atoms with Crippen LogP contribution in [0.25, 0.3) is 6.08 Å². The van der Waals surface area contributed by atoms with Crippen LogP contribution in [0.1, 0.15) is 15.9 Å². The number of amides is 1. The number of aromatic carboxylic acids is 1. The Balaban J connectivity index is 1.99. The lowest BCUT2D eigenvalue weighted by molar-refractivity contribution is -0.111. The van der Waals surface area contributed by atoms with E-state index in [0.717, 1.165) is 5.56 Å². The van der Waals surface area contributed by atoms with Crippen molar-refractivity contribution in [1.29, 1.82) is 0 Å². The summed E-state index contributed by atoms with van der Waals surface area (Å²) in [6.45, 7) is 1.73. The lowest BCUT2D eigenvalue weighted by atomic mass is 10.1. The molecule has 0 aliphatic carbocycles. The van der Waals surface area contributed by atoms with Gasteiger partial charge in [-0.3, -0.25) is 4.79 Å². The number of para-hydroxylation sites is 1. The molecule has 0 heterocycles. The maximum Gasteiger partial charge on any atom is 0.337 e. The predicted octanol–water partition coefficient (Wildman–Crippen LogP) is 3.59. The first kappa shape index (κ1) is 28.5. The van der Waals surface area contributed by atoms with Crippen molar-refractivity contribution >= 4 is 23.6 Å². The van der Waals surface area contributed by atoms with E-state index in [-0.39, 0.29) is 24.8 Å². The van der Waals surface area contributed by atoms with E-state index in [2.05, 4.69) is 5.32 Å². The summed E-state index contributed by atoms with van der Waals surface area (Å²) in [5.74, 6) is -0.641. The second-order valence-electron chi connectivity index (χ2n) is 7.09. The Labute approximate surface area is 210 Å². The van der Waals surface area contributed by atoms with Gasteiger partial charge in [0.15, 0.2) is 25.1 Å². The summed E-state index contributed by atoms with van der Waals surface area (Å²) in [6, 6.07) is 11.5. The van der Waals surface area contributed by atoms with Crippen LogP contribution in [0.2, 0.25) is 0 Å². The second-order valence-corrected chi connectivity index (χ2v) is 7.09. The summed E-state index contributed by atoms with van der Waals surface area (Å²) in [5.41, 5.74) is 1.02. The number of ether oxygens (including phenoxy) is 6. The van der Waals surface area contributed by atoms with Gasteiger partial charge in [0.1, 0.15) is 0 Å². The van der Waals surface area contributed by atoms with Gasteiger partial charge in [0.05, 0.1) is 37.7 Å². The van der Waals surface area contributed by atoms with Crippen LogP contribution in [0, 0.1) is 0 Å². The Morgan fingerprint density at radius 2 is 1.53 bits per heavy atom. The fraction of sp³-hybridized carbons (Fsp3) is 0.308. The molecule has 2 aromatic carbocycles. The van der Waals surface area contributed by atoms with Gasteiger partial charge in [0.2, 0.25) is 5.91 Å². The number of benzene rings is 2. The molecule has 2 aromatic rings. The number of carbonyl (C=O) groups excluding carboxylic acids is 1. The Kier molecular flexibility index (Phi) is 13.4. The van der Waals surface area contributed by atoms with Gasteiger partial charge in [-0.15, -0.1) is 0 Å². The molecule has 0 saturated heterocycles. The van der Waals surface area contributed by atoms with Gasteiger partial charge in [-0.05, 0) is 29.8 Å². The minimum atomic E-state index is -1.12. The molecule has 2 N–H and O–H groups in total. The first-order valence-electron chi connectivity index (χ1n) is 11.1. The van der Waals surface area contributed by atoms with Gasteiger partial charge in [-0.2, -0.15) is 0 Å². The van der Waals surface area contributed by atoms with Crippen LogP contribution in [0.3, 0.4) is 0 Å². The van der Waals surface area contributed by atoms with Crippen molar-refractivity contribution in [3.8, 4) is 11.5 Å². The third-order valence-electron chi connectivity index (χ3n) is 4.49. The molecule has 0 atom stereocenters. The minimum absolute atomic E-state index is 0.00924. The van der Waals surface area contributed by atoms with Crippen molar-refractivity contribution in [1.82, 2.24) is 0 Å². The molecule has 0 saturated carbocycles. The average Bonchev–Trinajstić information content (AvgIpc) is 2.87. The number of carbonyl (C=O) groups is 2. The van der Waals surface area contributed by atoms with Crippen LogP contribution in [-0.4, -0.2) is 71.2 Å². The zero-order valence-corrected chi connectivity index (χ0v) is 20.3. The highest BCUT2D eigenvalue weighted by Gasteiger charge is 2.10. The maximum absolute atomic E-state index is 12.2. The SMILES string of the molecule is COCCOCOc1ccc(C=CC=CC(=O)Nc2ccccc2C(=O)O)cc1OCOCCOC. The lowest BCUT2D eigenvalue weighted by Gasteiger charge is -2.14. The van der Waals surface area contributed by atoms with Crippen molar-refractivity contribution in [2.75, 3.05) is 59.5 Å². The molecule has 0 aliphatic heterocycles. The van der Waals surface area contributed by atoms with E-state index in [9.17, 15) is 14.7 Å². The molecule has 0 aromatic heterocycles. The molecule has 0 unspecified atom stereocenters. The highest BCUT2D eigenvalue weighted by molar-refractivity contribution is 6.04. The zero-order chi connectivity index (χ0) is 26.0. The Hall–Kier alpha value is -3.70. The number of hydrogen-bond acceptors (Lipinski definition) is 8. The van der Waals surface area contributed by atoms with E-state index >= 15 is 0 Å². The molecule has 0 radical (unpaired) electrons. The predicted molar refractivity (Wildman–Crippen MR) is 133 cm³/mol. The normalized spacial score (nSPS) is 11.2. The summed E-state index contributed by atoms with van der Waals surface area (Å²) in [6.07, 6.45) is 6.28. The van der Waals surface area contributed by atoms with Gasteiger partial charge in [0, 0.05) is 20.3 Å². The number of allylic oxidation sites excluding steroid dienone is 2. The molecular formula is C26H31NO9. The average molecular weight is 502 g/mol. The van der Waals surface area contributed by atoms with E-state index in [4.69, 9.17) is 28.4 Å². The minimum Gasteiger partial charge on any atom is -0.478 e.